The number of carbonyl (C=O) groups is 2. The minimum Gasteiger partial charge on any atom is -0.494 e. The maximum Gasteiger partial charge on any atom is 0.224 e. The Kier molecular flexibility index (Phi) is 6.78. The molecule has 0 spiro atoms. The van der Waals surface area contributed by atoms with E-state index >= 15 is 0 Å². The standard InChI is InChI=1S/C19H20INO3/c1-3-24-16-7-4-14(5-8-16)18(22)10-11-19(23)21-17-9-6-15(20)12-13(17)2/h4-9,12H,3,10-11H2,1-2H3,(H,21,23). The van der Waals surface area contributed by atoms with Crippen molar-refractivity contribution in [2.45, 2.75) is 26.7 Å². The molecule has 0 aromatic heterocycles. The topological polar surface area (TPSA) is 55.4 Å². The summed E-state index contributed by atoms with van der Waals surface area (Å²) >= 11 is 2.23. The van der Waals surface area contributed by atoms with Crippen LogP contribution >= 0.6 is 22.6 Å². The second-order valence-electron chi connectivity index (χ2n) is 5.39. The predicted molar refractivity (Wildman–Crippen MR) is 104 cm³/mol. The highest BCUT2D eigenvalue weighted by atomic mass is 127. The van der Waals surface area contributed by atoms with Crippen molar-refractivity contribution in [2.24, 2.45) is 0 Å². The van der Waals surface area contributed by atoms with Crippen LogP contribution in [-0.2, 0) is 4.79 Å². The zero-order chi connectivity index (χ0) is 17.5. The number of hydrogen-bond donors (Lipinski definition) is 1. The molecule has 24 heavy (non-hydrogen) atoms. The lowest BCUT2D eigenvalue weighted by Gasteiger charge is -2.09. The first-order valence-corrected chi connectivity index (χ1v) is 8.89. The molecule has 0 aliphatic heterocycles. The summed E-state index contributed by atoms with van der Waals surface area (Å²) in [4.78, 5) is 24.2. The van der Waals surface area contributed by atoms with Gasteiger partial charge in [-0.2, -0.15) is 0 Å². The van der Waals surface area contributed by atoms with E-state index in [-0.39, 0.29) is 24.5 Å². The van der Waals surface area contributed by atoms with Crippen molar-refractivity contribution in [3.63, 3.8) is 0 Å². The van der Waals surface area contributed by atoms with Crippen molar-refractivity contribution in [3.8, 4) is 5.75 Å². The predicted octanol–water partition coefficient (Wildman–Crippen LogP) is 4.60. The molecule has 1 N–H and O–H groups in total. The Morgan fingerprint density at radius 2 is 1.79 bits per heavy atom. The highest BCUT2D eigenvalue weighted by Crippen LogP contribution is 2.18. The number of carbonyl (C=O) groups excluding carboxylic acids is 2. The number of halogens is 1. The Morgan fingerprint density at radius 1 is 1.08 bits per heavy atom. The molecule has 5 heteroatoms. The number of aryl methyl sites for hydroxylation is 1. The molecule has 2 aromatic rings. The lowest BCUT2D eigenvalue weighted by Crippen LogP contribution is -2.14. The summed E-state index contributed by atoms with van der Waals surface area (Å²) in [6.07, 6.45) is 0.348. The van der Waals surface area contributed by atoms with E-state index in [1.54, 1.807) is 24.3 Å². The van der Waals surface area contributed by atoms with Gasteiger partial charge in [-0.05, 0) is 84.5 Å². The molecule has 1 amide bonds. The maximum absolute atomic E-state index is 12.2. The van der Waals surface area contributed by atoms with Crippen LogP contribution in [0.15, 0.2) is 42.5 Å². The summed E-state index contributed by atoms with van der Waals surface area (Å²) in [7, 11) is 0. The number of Topliss-reactive ketones (excluding diaryl/α,β-unsaturated/α-hetero) is 1. The fraction of sp³-hybridized carbons (Fsp3) is 0.263. The Bertz CT molecular complexity index is 726. The molecule has 126 valence electrons. The minimum atomic E-state index is -0.154. The third kappa shape index (κ3) is 5.33. The Morgan fingerprint density at radius 3 is 2.42 bits per heavy atom. The summed E-state index contributed by atoms with van der Waals surface area (Å²) in [5.41, 5.74) is 2.39. The number of hydrogen-bond acceptors (Lipinski definition) is 3. The molecule has 0 saturated heterocycles. The zero-order valence-corrected chi connectivity index (χ0v) is 15.9. The van der Waals surface area contributed by atoms with Gasteiger partial charge in [0.05, 0.1) is 6.61 Å². The van der Waals surface area contributed by atoms with E-state index in [9.17, 15) is 9.59 Å². The summed E-state index contributed by atoms with van der Waals surface area (Å²) < 4.78 is 6.47. The molecule has 0 bridgehead atoms. The fourth-order valence-electron chi connectivity index (χ4n) is 2.26. The van der Waals surface area contributed by atoms with E-state index in [1.807, 2.05) is 32.0 Å². The molecule has 0 unspecified atom stereocenters. The van der Waals surface area contributed by atoms with Crippen LogP contribution in [0.4, 0.5) is 5.69 Å². The average Bonchev–Trinajstić information content (AvgIpc) is 2.56. The van der Waals surface area contributed by atoms with Gasteiger partial charge in [0.25, 0.3) is 0 Å². The van der Waals surface area contributed by atoms with Crippen LogP contribution in [0, 0.1) is 10.5 Å². The van der Waals surface area contributed by atoms with Crippen LogP contribution in [0.5, 0.6) is 5.75 Å². The van der Waals surface area contributed by atoms with Gasteiger partial charge in [-0.25, -0.2) is 0 Å². The number of anilines is 1. The zero-order valence-electron chi connectivity index (χ0n) is 13.8. The van der Waals surface area contributed by atoms with Gasteiger partial charge in [0.2, 0.25) is 5.91 Å². The molecular formula is C19H20INO3. The second kappa shape index (κ2) is 8.82. The van der Waals surface area contributed by atoms with Gasteiger partial charge in [0, 0.05) is 27.7 Å². The van der Waals surface area contributed by atoms with E-state index in [0.29, 0.717) is 12.2 Å². The second-order valence-corrected chi connectivity index (χ2v) is 6.63. The van der Waals surface area contributed by atoms with Crippen molar-refractivity contribution < 1.29 is 14.3 Å². The van der Waals surface area contributed by atoms with Crippen molar-refractivity contribution in [3.05, 3.63) is 57.2 Å². The third-order valence-electron chi connectivity index (χ3n) is 3.53. The lowest BCUT2D eigenvalue weighted by atomic mass is 10.1. The van der Waals surface area contributed by atoms with Crippen LogP contribution in [0.3, 0.4) is 0 Å². The molecule has 0 heterocycles. The number of ether oxygens (including phenoxy) is 1. The Hall–Kier alpha value is -1.89. The summed E-state index contributed by atoms with van der Waals surface area (Å²) in [5, 5.41) is 2.86. The van der Waals surface area contributed by atoms with E-state index in [0.717, 1.165) is 20.6 Å². The monoisotopic (exact) mass is 437 g/mol. The van der Waals surface area contributed by atoms with Crippen LogP contribution in [0.25, 0.3) is 0 Å². The van der Waals surface area contributed by atoms with Gasteiger partial charge in [-0.15, -0.1) is 0 Å². The number of ketones is 1. The van der Waals surface area contributed by atoms with Gasteiger partial charge in [0.15, 0.2) is 5.78 Å². The van der Waals surface area contributed by atoms with Crippen LogP contribution in [-0.4, -0.2) is 18.3 Å². The molecule has 0 radical (unpaired) electrons. The molecule has 2 aromatic carbocycles. The van der Waals surface area contributed by atoms with Crippen molar-refractivity contribution >= 4 is 40.0 Å². The summed E-state index contributed by atoms with van der Waals surface area (Å²) in [5.74, 6) is 0.534. The highest BCUT2D eigenvalue weighted by molar-refractivity contribution is 14.1. The highest BCUT2D eigenvalue weighted by Gasteiger charge is 2.11. The smallest absolute Gasteiger partial charge is 0.224 e. The molecule has 0 aliphatic rings. The molecule has 2 rings (SSSR count). The molecule has 0 atom stereocenters. The summed E-state index contributed by atoms with van der Waals surface area (Å²) in [6.45, 7) is 4.45. The first-order chi connectivity index (χ1) is 11.5. The van der Waals surface area contributed by atoms with Gasteiger partial charge in [-0.3, -0.25) is 9.59 Å². The van der Waals surface area contributed by atoms with E-state index in [4.69, 9.17) is 4.74 Å². The number of amides is 1. The molecular weight excluding hydrogens is 417 g/mol. The summed E-state index contributed by atoms with van der Waals surface area (Å²) in [6, 6.07) is 12.8. The van der Waals surface area contributed by atoms with Crippen molar-refractivity contribution in [1.29, 1.82) is 0 Å². The molecule has 0 fully saturated rings. The molecule has 0 aliphatic carbocycles. The lowest BCUT2D eigenvalue weighted by molar-refractivity contribution is -0.116. The Balaban J connectivity index is 1.87. The van der Waals surface area contributed by atoms with Gasteiger partial charge in [-0.1, -0.05) is 0 Å². The normalized spacial score (nSPS) is 10.3. The minimum absolute atomic E-state index is 0.0486. The van der Waals surface area contributed by atoms with Crippen molar-refractivity contribution in [2.75, 3.05) is 11.9 Å². The molecule has 4 nitrogen and oxygen atoms in total. The number of benzene rings is 2. The van der Waals surface area contributed by atoms with Crippen LogP contribution in [0.2, 0.25) is 0 Å². The SMILES string of the molecule is CCOc1ccc(C(=O)CCC(=O)Nc2ccc(I)cc2C)cc1. The van der Waals surface area contributed by atoms with Gasteiger partial charge in [0.1, 0.15) is 5.75 Å². The van der Waals surface area contributed by atoms with Gasteiger partial charge >= 0.3 is 0 Å². The molecule has 0 saturated carbocycles. The Labute approximate surface area is 155 Å². The van der Waals surface area contributed by atoms with E-state index < -0.39 is 0 Å². The third-order valence-corrected chi connectivity index (χ3v) is 4.20. The van der Waals surface area contributed by atoms with E-state index in [1.165, 1.54) is 0 Å². The maximum atomic E-state index is 12.2. The fourth-order valence-corrected chi connectivity index (χ4v) is 2.90. The quantitative estimate of drug-likeness (QED) is 0.509. The number of rotatable bonds is 7. The van der Waals surface area contributed by atoms with Crippen LogP contribution < -0.4 is 10.1 Å². The number of nitrogens with one attached hydrogen (secondary N) is 1. The average molecular weight is 437 g/mol. The first kappa shape index (κ1) is 18.4. The van der Waals surface area contributed by atoms with Crippen LogP contribution in [0.1, 0.15) is 35.7 Å². The first-order valence-electron chi connectivity index (χ1n) is 7.81. The largest absolute Gasteiger partial charge is 0.494 e. The van der Waals surface area contributed by atoms with E-state index in [2.05, 4.69) is 27.9 Å². The van der Waals surface area contributed by atoms with Crippen molar-refractivity contribution in [1.82, 2.24) is 0 Å². The van der Waals surface area contributed by atoms with Gasteiger partial charge < -0.3 is 10.1 Å².